The Hall–Kier alpha value is -2.47. The van der Waals surface area contributed by atoms with Crippen molar-refractivity contribution in [2.75, 3.05) is 13.1 Å². The normalized spacial score (nSPS) is 17.0. The van der Waals surface area contributed by atoms with Crippen LogP contribution in [0.15, 0.2) is 48.4 Å². The SMILES string of the molecule is C=CC(=O)N1CCC(C(=O)NC(CC)c2nc(C)cs2)(c2ccccc2)CC1. The maximum atomic E-state index is 13.6. The van der Waals surface area contributed by atoms with Gasteiger partial charge < -0.3 is 10.2 Å². The summed E-state index contributed by atoms with van der Waals surface area (Å²) in [6.07, 6.45) is 3.31. The minimum Gasteiger partial charge on any atom is -0.346 e. The van der Waals surface area contributed by atoms with Gasteiger partial charge in [-0.15, -0.1) is 11.3 Å². The van der Waals surface area contributed by atoms with Crippen LogP contribution in [0.5, 0.6) is 0 Å². The first-order chi connectivity index (χ1) is 13.5. The number of nitrogens with zero attached hydrogens (tertiary/aromatic N) is 2. The summed E-state index contributed by atoms with van der Waals surface area (Å²) in [5, 5.41) is 6.20. The highest BCUT2D eigenvalue weighted by Crippen LogP contribution is 2.37. The van der Waals surface area contributed by atoms with Gasteiger partial charge in [0.15, 0.2) is 0 Å². The Morgan fingerprint density at radius 2 is 2.00 bits per heavy atom. The number of amides is 2. The van der Waals surface area contributed by atoms with Crippen LogP contribution in [0.1, 0.15) is 48.5 Å². The maximum absolute atomic E-state index is 13.6. The minimum absolute atomic E-state index is 0.0177. The van der Waals surface area contributed by atoms with Crippen molar-refractivity contribution in [3.05, 3.63) is 64.6 Å². The van der Waals surface area contributed by atoms with Gasteiger partial charge >= 0.3 is 0 Å². The van der Waals surface area contributed by atoms with Gasteiger partial charge in [-0.1, -0.05) is 43.8 Å². The van der Waals surface area contributed by atoms with Crippen molar-refractivity contribution >= 4 is 23.2 Å². The maximum Gasteiger partial charge on any atom is 0.245 e. The topological polar surface area (TPSA) is 62.3 Å². The highest BCUT2D eigenvalue weighted by atomic mass is 32.1. The third-order valence-corrected chi connectivity index (χ3v) is 6.59. The van der Waals surface area contributed by atoms with E-state index in [0.717, 1.165) is 22.7 Å². The third kappa shape index (κ3) is 4.02. The number of rotatable bonds is 6. The number of carbonyl (C=O) groups excluding carboxylic acids is 2. The number of thiazole rings is 1. The van der Waals surface area contributed by atoms with Crippen LogP contribution in [-0.2, 0) is 15.0 Å². The highest BCUT2D eigenvalue weighted by molar-refractivity contribution is 7.09. The summed E-state index contributed by atoms with van der Waals surface area (Å²) in [5.41, 5.74) is 1.34. The Labute approximate surface area is 170 Å². The lowest BCUT2D eigenvalue weighted by Crippen LogP contribution is -2.53. The Morgan fingerprint density at radius 3 is 2.54 bits per heavy atom. The summed E-state index contributed by atoms with van der Waals surface area (Å²) in [4.78, 5) is 31.9. The van der Waals surface area contributed by atoms with Gasteiger partial charge in [-0.05, 0) is 37.8 Å². The molecule has 1 aromatic heterocycles. The smallest absolute Gasteiger partial charge is 0.245 e. The number of hydrogen-bond donors (Lipinski definition) is 1. The molecule has 2 aromatic rings. The molecule has 0 bridgehead atoms. The monoisotopic (exact) mass is 397 g/mol. The lowest BCUT2D eigenvalue weighted by atomic mass is 9.71. The fraction of sp³-hybridized carbons (Fsp3) is 0.409. The summed E-state index contributed by atoms with van der Waals surface area (Å²) < 4.78 is 0. The number of hydrogen-bond acceptors (Lipinski definition) is 4. The number of nitrogens with one attached hydrogen (secondary N) is 1. The average Bonchev–Trinajstić information content (AvgIpc) is 3.18. The van der Waals surface area contributed by atoms with Gasteiger partial charge in [0, 0.05) is 24.2 Å². The van der Waals surface area contributed by atoms with Crippen molar-refractivity contribution in [1.82, 2.24) is 15.2 Å². The van der Waals surface area contributed by atoms with Crippen LogP contribution in [0.2, 0.25) is 0 Å². The summed E-state index contributed by atoms with van der Waals surface area (Å²) >= 11 is 1.58. The zero-order chi connectivity index (χ0) is 20.1. The molecule has 3 rings (SSSR count). The first kappa shape index (κ1) is 20.3. The molecule has 0 saturated carbocycles. The predicted octanol–water partition coefficient (Wildman–Crippen LogP) is 3.77. The lowest BCUT2D eigenvalue weighted by molar-refractivity contribution is -0.134. The van der Waals surface area contributed by atoms with Gasteiger partial charge in [-0.2, -0.15) is 0 Å². The molecule has 28 heavy (non-hydrogen) atoms. The van der Waals surface area contributed by atoms with Crippen LogP contribution >= 0.6 is 11.3 Å². The van der Waals surface area contributed by atoms with Crippen molar-refractivity contribution < 1.29 is 9.59 Å². The fourth-order valence-electron chi connectivity index (χ4n) is 3.81. The van der Waals surface area contributed by atoms with E-state index < -0.39 is 5.41 Å². The van der Waals surface area contributed by atoms with Gasteiger partial charge in [0.05, 0.1) is 11.5 Å². The molecule has 1 saturated heterocycles. The second-order valence-corrected chi connectivity index (χ2v) is 8.13. The van der Waals surface area contributed by atoms with Crippen LogP contribution in [0.3, 0.4) is 0 Å². The van der Waals surface area contributed by atoms with Gasteiger partial charge in [0.1, 0.15) is 5.01 Å². The van der Waals surface area contributed by atoms with E-state index >= 15 is 0 Å². The number of piperidine rings is 1. The molecule has 1 aromatic carbocycles. The quantitative estimate of drug-likeness (QED) is 0.755. The van der Waals surface area contributed by atoms with Crippen molar-refractivity contribution in [3.8, 4) is 0 Å². The molecule has 0 spiro atoms. The van der Waals surface area contributed by atoms with Crippen molar-refractivity contribution in [1.29, 1.82) is 0 Å². The molecule has 148 valence electrons. The summed E-state index contributed by atoms with van der Waals surface area (Å²) in [7, 11) is 0. The number of carbonyl (C=O) groups is 2. The molecule has 1 fully saturated rings. The van der Waals surface area contributed by atoms with Crippen LogP contribution in [-0.4, -0.2) is 34.8 Å². The molecule has 1 unspecified atom stereocenters. The zero-order valence-electron chi connectivity index (χ0n) is 16.5. The first-order valence-corrected chi connectivity index (χ1v) is 10.6. The number of aryl methyl sites for hydroxylation is 1. The molecule has 1 atom stereocenters. The van der Waals surface area contributed by atoms with E-state index in [4.69, 9.17) is 0 Å². The van der Waals surface area contributed by atoms with E-state index in [1.54, 1.807) is 16.2 Å². The molecule has 6 heteroatoms. The van der Waals surface area contributed by atoms with Gasteiger partial charge in [-0.25, -0.2) is 4.98 Å². The molecule has 2 heterocycles. The molecule has 1 N–H and O–H groups in total. The van der Waals surface area contributed by atoms with E-state index in [1.807, 2.05) is 42.6 Å². The van der Waals surface area contributed by atoms with E-state index in [-0.39, 0.29) is 17.9 Å². The lowest BCUT2D eigenvalue weighted by Gasteiger charge is -2.41. The molecule has 1 aliphatic rings. The molecular formula is C22H27N3O2S. The Morgan fingerprint density at radius 1 is 1.32 bits per heavy atom. The average molecular weight is 398 g/mol. The number of aromatic nitrogens is 1. The van der Waals surface area contributed by atoms with E-state index in [9.17, 15) is 9.59 Å². The summed E-state index contributed by atoms with van der Waals surface area (Å²) in [6.45, 7) is 8.68. The summed E-state index contributed by atoms with van der Waals surface area (Å²) in [5.74, 6) is -0.0594. The molecule has 0 radical (unpaired) electrons. The predicted molar refractivity (Wildman–Crippen MR) is 112 cm³/mol. The second-order valence-electron chi connectivity index (χ2n) is 7.24. The number of likely N-dealkylation sites (tertiary alicyclic amines) is 1. The highest BCUT2D eigenvalue weighted by Gasteiger charge is 2.44. The van der Waals surface area contributed by atoms with E-state index in [0.29, 0.717) is 25.9 Å². The van der Waals surface area contributed by atoms with Crippen LogP contribution in [0.4, 0.5) is 0 Å². The van der Waals surface area contributed by atoms with Gasteiger partial charge in [0.25, 0.3) is 0 Å². The Kier molecular flexibility index (Phi) is 6.29. The van der Waals surface area contributed by atoms with E-state index in [2.05, 4.69) is 23.8 Å². The molecule has 0 aliphatic carbocycles. The molecule has 5 nitrogen and oxygen atoms in total. The zero-order valence-corrected chi connectivity index (χ0v) is 17.3. The minimum atomic E-state index is -0.640. The Bertz CT molecular complexity index is 838. The Balaban J connectivity index is 1.86. The molecular weight excluding hydrogens is 370 g/mol. The van der Waals surface area contributed by atoms with Crippen LogP contribution in [0.25, 0.3) is 0 Å². The van der Waals surface area contributed by atoms with Crippen molar-refractivity contribution in [2.45, 2.75) is 44.6 Å². The van der Waals surface area contributed by atoms with E-state index in [1.165, 1.54) is 6.08 Å². The first-order valence-electron chi connectivity index (χ1n) is 9.70. The van der Waals surface area contributed by atoms with Crippen LogP contribution < -0.4 is 5.32 Å². The van der Waals surface area contributed by atoms with Crippen molar-refractivity contribution in [2.24, 2.45) is 0 Å². The molecule has 1 aliphatic heterocycles. The van der Waals surface area contributed by atoms with Crippen LogP contribution in [0, 0.1) is 6.92 Å². The van der Waals surface area contributed by atoms with Gasteiger partial charge in [0.2, 0.25) is 11.8 Å². The fourth-order valence-corrected chi connectivity index (χ4v) is 4.74. The molecule has 2 amide bonds. The largest absolute Gasteiger partial charge is 0.346 e. The van der Waals surface area contributed by atoms with Gasteiger partial charge in [-0.3, -0.25) is 9.59 Å². The summed E-state index contributed by atoms with van der Waals surface area (Å²) in [6, 6.07) is 9.82. The third-order valence-electron chi connectivity index (χ3n) is 5.51. The van der Waals surface area contributed by atoms with Crippen molar-refractivity contribution in [3.63, 3.8) is 0 Å². The standard InChI is InChI=1S/C22H27N3O2S/c1-4-18(20-23-16(3)15-28-20)24-21(27)22(17-9-7-6-8-10-17)11-13-25(14-12-22)19(26)5-2/h5-10,15,18H,2,4,11-14H2,1,3H3,(H,24,27). The second kappa shape index (κ2) is 8.69. The number of benzene rings is 1.